The van der Waals surface area contributed by atoms with E-state index >= 15 is 0 Å². The Hall–Kier alpha value is -1.65. The second-order valence-electron chi connectivity index (χ2n) is 10.8. The van der Waals surface area contributed by atoms with Crippen LogP contribution in [0, 0.1) is 0 Å². The number of nitrogens with one attached hydrogen (secondary N) is 2. The number of fused-ring (bicyclic) bond motifs is 2. The van der Waals surface area contributed by atoms with Crippen LogP contribution in [0.4, 0.5) is 11.9 Å². The summed E-state index contributed by atoms with van der Waals surface area (Å²) in [5, 5.41) is 40.1. The maximum Gasteiger partial charge on any atom is 2.00 e. The topological polar surface area (TPSA) is 464 Å². The van der Waals surface area contributed by atoms with Gasteiger partial charge in [0.15, 0.2) is 34.8 Å². The quantitative estimate of drug-likeness (QED) is 0.0547. The van der Waals surface area contributed by atoms with Gasteiger partial charge in [-0.3, -0.25) is 37.7 Å². The van der Waals surface area contributed by atoms with E-state index in [1.54, 1.807) is 0 Å². The number of ether oxygens (including phenoxy) is 2. The molecule has 0 radical (unpaired) electrons. The third-order valence-electron chi connectivity index (χ3n) is 7.10. The van der Waals surface area contributed by atoms with Crippen LogP contribution >= 0.6 is 15.6 Å². The number of aliphatic hydroxyl groups excluding tert-OH is 4. The molecular weight excluding hydrogens is 1200 g/mol. The number of aromatic amines is 2. The molecule has 18 N–H and O–H groups in total. The van der Waals surface area contributed by atoms with Crippen LogP contribution in [0.15, 0.2) is 22.2 Å². The van der Waals surface area contributed by atoms with E-state index in [1.165, 1.54) is 21.8 Å². The molecule has 2 fully saturated rings. The number of H-pyrrole nitrogens is 2. The van der Waals surface area contributed by atoms with Gasteiger partial charge in [0.05, 0.1) is 25.9 Å². The summed E-state index contributed by atoms with van der Waals surface area (Å²) < 4.78 is 43.1. The van der Waals surface area contributed by atoms with Crippen molar-refractivity contribution in [1.82, 2.24) is 39.0 Å². The predicted molar refractivity (Wildman–Crippen MR) is 171 cm³/mol. The number of nitrogens with zero attached hydrogens (tertiary/aromatic N) is 6. The van der Waals surface area contributed by atoms with E-state index in [9.17, 15) is 39.1 Å². The standard InChI is InChI=1S/2C10H14N5O8P.C2H8N2.2HI.Pt/c2*11-10-13-7-4(8(18)14-10)12-2-15(7)9-6(17)5(16)3(23-9)1-22-24(19,20)21;3-1-2-4;;;/h2*2-3,5-6,9,16-17H,1H2,(H2,19,20,21)(H3,11,13,14,18);1-4H2;2*1H;/q;;;;;+2/p-2/t2*3-,5-,6-,9-;;;;/m11..../s1. The summed E-state index contributed by atoms with van der Waals surface area (Å²) in [7, 11) is -9.53. The van der Waals surface area contributed by atoms with E-state index in [0.717, 1.165) is 0 Å². The van der Waals surface area contributed by atoms with Crippen molar-refractivity contribution in [2.24, 2.45) is 11.5 Å². The summed E-state index contributed by atoms with van der Waals surface area (Å²) in [6, 6.07) is 0. The number of phosphoric acid groups is 2. The predicted octanol–water partition coefficient (Wildman–Crippen LogP) is -12.2. The van der Waals surface area contributed by atoms with Gasteiger partial charge in [0.1, 0.15) is 36.6 Å². The molecule has 2 saturated heterocycles. The molecule has 2 aliphatic rings. The molecule has 0 aromatic carbocycles. The van der Waals surface area contributed by atoms with Gasteiger partial charge in [-0.05, 0) is 0 Å². The van der Waals surface area contributed by atoms with Gasteiger partial charge in [0.2, 0.25) is 11.9 Å². The molecule has 33 heteroatoms. The van der Waals surface area contributed by atoms with Gasteiger partial charge < -0.3 is 120 Å². The first-order valence-electron chi connectivity index (χ1n) is 14.5. The average molecular weight is 1240 g/mol. The van der Waals surface area contributed by atoms with Crippen molar-refractivity contribution in [1.29, 1.82) is 0 Å². The van der Waals surface area contributed by atoms with E-state index in [4.69, 9.17) is 52.0 Å². The van der Waals surface area contributed by atoms with Crippen molar-refractivity contribution < 1.29 is 137 Å². The van der Waals surface area contributed by atoms with Crippen LogP contribution in [-0.2, 0) is 48.7 Å². The van der Waals surface area contributed by atoms with Gasteiger partial charge in [0.25, 0.3) is 11.1 Å². The van der Waals surface area contributed by atoms with Gasteiger partial charge in [-0.25, -0.2) is 19.1 Å². The summed E-state index contributed by atoms with van der Waals surface area (Å²) in [6.07, 6.45) is -8.43. The largest absolute Gasteiger partial charge is 2.00 e. The number of hydrogen-bond acceptors (Lipinski definition) is 20. The minimum atomic E-state index is -4.76. The monoisotopic (exact) mass is 1230 g/mol. The van der Waals surface area contributed by atoms with Gasteiger partial charge >= 0.3 is 36.7 Å². The number of rotatable bonds is 9. The van der Waals surface area contributed by atoms with Crippen LogP contribution in [-0.4, -0.2) is 142 Å². The molecule has 55 heavy (non-hydrogen) atoms. The minimum absolute atomic E-state index is 0. The summed E-state index contributed by atoms with van der Waals surface area (Å²) >= 11 is 0. The number of aliphatic hydroxyl groups is 4. The van der Waals surface area contributed by atoms with Crippen LogP contribution in [0.25, 0.3) is 22.3 Å². The van der Waals surface area contributed by atoms with E-state index in [-0.39, 0.29) is 103 Å². The zero-order valence-electron chi connectivity index (χ0n) is 27.4. The Labute approximate surface area is 355 Å². The third kappa shape index (κ3) is 12.9. The second-order valence-corrected chi connectivity index (χ2v) is 13.3. The summed E-state index contributed by atoms with van der Waals surface area (Å²) in [5.41, 5.74) is 19.5. The van der Waals surface area contributed by atoms with Gasteiger partial charge in [-0.2, -0.15) is 9.97 Å². The molecule has 4 aromatic rings. The number of halogens is 2. The maximum atomic E-state index is 11.7. The normalized spacial score (nSPS) is 24.8. The number of nitrogen functional groups attached to an aromatic ring is 2. The van der Waals surface area contributed by atoms with E-state index in [2.05, 4.69) is 39.0 Å². The van der Waals surface area contributed by atoms with Gasteiger partial charge in [-0.15, -0.1) is 0 Å². The fourth-order valence-corrected chi connectivity index (χ4v) is 5.48. The van der Waals surface area contributed by atoms with Crippen LogP contribution in [0.1, 0.15) is 12.5 Å². The van der Waals surface area contributed by atoms with Crippen molar-refractivity contribution in [2.45, 2.75) is 49.1 Å². The molecule has 0 saturated carbocycles. The first kappa shape index (κ1) is 51.4. The van der Waals surface area contributed by atoms with Crippen molar-refractivity contribution in [3.05, 3.63) is 33.4 Å². The van der Waals surface area contributed by atoms with Gasteiger partial charge in [0, 0.05) is 13.1 Å². The van der Waals surface area contributed by atoms with E-state index in [0.29, 0.717) is 13.1 Å². The molecule has 0 spiro atoms. The fourth-order valence-electron chi connectivity index (χ4n) is 4.79. The summed E-state index contributed by atoms with van der Waals surface area (Å²) in [5.74, 6) is -0.354. The van der Waals surface area contributed by atoms with Crippen molar-refractivity contribution >= 4 is 49.9 Å². The molecule has 4 aromatic heterocycles. The Balaban J connectivity index is 0.000000477. The Morgan fingerprint density at radius 2 is 1.02 bits per heavy atom. The number of anilines is 2. The van der Waals surface area contributed by atoms with Crippen molar-refractivity contribution in [3.8, 4) is 0 Å². The summed E-state index contributed by atoms with van der Waals surface area (Å²) in [4.78, 5) is 78.3. The molecule has 6 heterocycles. The van der Waals surface area contributed by atoms with Crippen LogP contribution in [0.5, 0.6) is 0 Å². The third-order valence-corrected chi connectivity index (χ3v) is 8.08. The minimum Gasteiger partial charge on any atom is -1.00 e. The SMILES string of the molecule is NCCN.Nc1nc2c(ncn2[C@@H]2O[C@H](COP(=O)(O)O)[C@@H](O)[C@H]2O)c(=O)[nH]1.Nc1nc2c(ncn2[C@@H]2O[C@H](COP(=O)(O)O)[C@@H](O)[C@H]2O)c(=O)[nH]1.[I-].[I-].[Pt+2]. The molecule has 2 aliphatic heterocycles. The molecule has 314 valence electrons. The Morgan fingerprint density at radius 3 is 1.31 bits per heavy atom. The number of imidazole rings is 2. The van der Waals surface area contributed by atoms with E-state index < -0.39 is 89.1 Å². The fraction of sp³-hybridized carbons (Fsp3) is 0.545. The smallest absolute Gasteiger partial charge is 1.00 e. The van der Waals surface area contributed by atoms with Crippen molar-refractivity contribution in [3.63, 3.8) is 0 Å². The maximum absolute atomic E-state index is 11.7. The van der Waals surface area contributed by atoms with Gasteiger partial charge in [-0.1, -0.05) is 0 Å². The second kappa shape index (κ2) is 21.4. The summed E-state index contributed by atoms with van der Waals surface area (Å²) in [6.45, 7) is -0.108. The van der Waals surface area contributed by atoms with E-state index in [1.807, 2.05) is 0 Å². The molecule has 0 aliphatic carbocycles. The molecule has 6 rings (SSSR count). The number of hydrogen-bond donors (Lipinski definition) is 14. The van der Waals surface area contributed by atoms with Crippen LogP contribution in [0.2, 0.25) is 0 Å². The van der Waals surface area contributed by atoms with Crippen LogP contribution in [0.3, 0.4) is 0 Å². The van der Waals surface area contributed by atoms with Crippen LogP contribution < -0.4 is 82.0 Å². The molecule has 28 nitrogen and oxygen atoms in total. The molecule has 0 bridgehead atoms. The number of aromatic nitrogens is 8. The molecular formula is C22H36I2N12O16P2Pt. The average Bonchev–Trinajstić information content (AvgIpc) is 3.80. The Morgan fingerprint density at radius 1 is 0.691 bits per heavy atom. The molecule has 8 atom stereocenters. The Kier molecular flexibility index (Phi) is 20.0. The number of phosphoric ester groups is 2. The molecule has 0 amide bonds. The first-order chi connectivity index (χ1) is 24.3. The zero-order valence-corrected chi connectivity index (χ0v) is 35.8. The molecule has 0 unspecified atom stereocenters. The number of nitrogens with two attached hydrogens (primary N) is 4. The first-order valence-corrected chi connectivity index (χ1v) is 17.6. The Bertz CT molecular complexity index is 1920. The zero-order chi connectivity index (χ0) is 38.7. The van der Waals surface area contributed by atoms with Crippen molar-refractivity contribution in [2.75, 3.05) is 37.8 Å².